The molecule has 1 aliphatic rings. The van der Waals surface area contributed by atoms with E-state index in [1.807, 2.05) is 24.3 Å². The number of nitrogens with one attached hydrogen (secondary N) is 1. The molecule has 0 unspecified atom stereocenters. The Kier molecular flexibility index (Phi) is 5.51. The second-order valence-corrected chi connectivity index (χ2v) is 8.84. The smallest absolute Gasteiger partial charge is 0.310 e. The third-order valence-corrected chi connectivity index (χ3v) is 5.48. The lowest BCUT2D eigenvalue weighted by Gasteiger charge is -2.22. The van der Waals surface area contributed by atoms with E-state index < -0.39 is 10.0 Å². The molecule has 0 saturated heterocycles. The highest BCUT2D eigenvalue weighted by Crippen LogP contribution is 2.38. The molecule has 0 fully saturated rings. The van der Waals surface area contributed by atoms with Crippen molar-refractivity contribution in [3.05, 3.63) is 83.8 Å². The molecule has 1 aromatic heterocycles. The fourth-order valence-corrected chi connectivity index (χ4v) is 4.08. The number of hydrazone groups is 1. The molecule has 9 heteroatoms. The van der Waals surface area contributed by atoms with E-state index >= 15 is 0 Å². The van der Waals surface area contributed by atoms with Gasteiger partial charge in [-0.15, -0.1) is 0 Å². The standard InChI is InChI=1S/C22H21N3O5S/c1-29-20-7-4-3-6-17(20)19-14-18(23-25(19)22(26)21-8-5-13-30-21)15-9-11-16(12-10-15)24-31(2,27)28/h3-13,19,24H,14H2,1-2H3/t19-/m0/s1. The van der Waals surface area contributed by atoms with Gasteiger partial charge in [0.05, 0.1) is 31.4 Å². The fourth-order valence-electron chi connectivity index (χ4n) is 3.51. The normalized spacial score (nSPS) is 16.1. The highest BCUT2D eigenvalue weighted by Gasteiger charge is 2.36. The molecule has 1 atom stereocenters. The minimum Gasteiger partial charge on any atom is -0.496 e. The van der Waals surface area contributed by atoms with Crippen LogP contribution in [0.15, 0.2) is 76.4 Å². The van der Waals surface area contributed by atoms with Crippen molar-refractivity contribution in [2.45, 2.75) is 12.5 Å². The zero-order chi connectivity index (χ0) is 22.0. The number of nitrogens with zero attached hydrogens (tertiary/aromatic N) is 2. The van der Waals surface area contributed by atoms with Gasteiger partial charge in [-0.2, -0.15) is 5.10 Å². The van der Waals surface area contributed by atoms with Crippen molar-refractivity contribution in [2.75, 3.05) is 18.1 Å². The maximum atomic E-state index is 13.1. The van der Waals surface area contributed by atoms with E-state index in [0.29, 0.717) is 23.6 Å². The van der Waals surface area contributed by atoms with E-state index in [9.17, 15) is 13.2 Å². The summed E-state index contributed by atoms with van der Waals surface area (Å²) in [4.78, 5) is 13.1. The van der Waals surface area contributed by atoms with Crippen molar-refractivity contribution in [1.29, 1.82) is 0 Å². The highest BCUT2D eigenvalue weighted by molar-refractivity contribution is 7.92. The molecular formula is C22H21N3O5S. The Morgan fingerprint density at radius 3 is 2.52 bits per heavy atom. The first-order valence-electron chi connectivity index (χ1n) is 9.51. The number of amides is 1. The summed E-state index contributed by atoms with van der Waals surface area (Å²) in [5.41, 5.74) is 2.77. The van der Waals surface area contributed by atoms with E-state index in [4.69, 9.17) is 9.15 Å². The largest absolute Gasteiger partial charge is 0.496 e. The molecule has 0 aliphatic carbocycles. The quantitative estimate of drug-likeness (QED) is 0.632. The molecule has 1 N–H and O–H groups in total. The van der Waals surface area contributed by atoms with Crippen LogP contribution in [0.4, 0.5) is 5.69 Å². The summed E-state index contributed by atoms with van der Waals surface area (Å²) >= 11 is 0. The second-order valence-electron chi connectivity index (χ2n) is 7.09. The Hall–Kier alpha value is -3.59. The molecule has 3 aromatic rings. The van der Waals surface area contributed by atoms with Gasteiger partial charge in [-0.3, -0.25) is 9.52 Å². The minimum atomic E-state index is -3.36. The van der Waals surface area contributed by atoms with E-state index in [-0.39, 0.29) is 17.7 Å². The van der Waals surface area contributed by atoms with Crippen LogP contribution >= 0.6 is 0 Å². The second kappa shape index (κ2) is 8.27. The number of anilines is 1. The number of ether oxygens (including phenoxy) is 1. The maximum Gasteiger partial charge on any atom is 0.310 e. The van der Waals surface area contributed by atoms with Gasteiger partial charge in [0.2, 0.25) is 10.0 Å². The predicted octanol–water partition coefficient (Wildman–Crippen LogP) is 3.65. The Morgan fingerprint density at radius 2 is 1.87 bits per heavy atom. The van der Waals surface area contributed by atoms with E-state index in [2.05, 4.69) is 9.82 Å². The van der Waals surface area contributed by atoms with Crippen LogP contribution in [0.5, 0.6) is 5.75 Å². The minimum absolute atomic E-state index is 0.192. The van der Waals surface area contributed by atoms with Crippen LogP contribution in [0, 0.1) is 0 Å². The van der Waals surface area contributed by atoms with Gasteiger partial charge in [0.1, 0.15) is 5.75 Å². The maximum absolute atomic E-state index is 13.1. The third kappa shape index (κ3) is 4.46. The van der Waals surface area contributed by atoms with Crippen LogP contribution in [-0.4, -0.2) is 38.4 Å². The molecule has 160 valence electrons. The van der Waals surface area contributed by atoms with Gasteiger partial charge >= 0.3 is 5.91 Å². The number of hydrogen-bond donors (Lipinski definition) is 1. The molecule has 2 heterocycles. The van der Waals surface area contributed by atoms with Crippen molar-refractivity contribution in [3.63, 3.8) is 0 Å². The third-order valence-electron chi connectivity index (χ3n) is 4.87. The lowest BCUT2D eigenvalue weighted by molar-refractivity contribution is 0.0677. The summed E-state index contributed by atoms with van der Waals surface area (Å²) in [6.45, 7) is 0. The lowest BCUT2D eigenvalue weighted by Crippen LogP contribution is -2.27. The van der Waals surface area contributed by atoms with Gasteiger partial charge in [-0.1, -0.05) is 30.3 Å². The molecule has 0 spiro atoms. The molecule has 0 saturated carbocycles. The number of methoxy groups -OCH3 is 1. The Labute approximate surface area is 180 Å². The molecule has 2 aromatic carbocycles. The number of carbonyl (C=O) groups excluding carboxylic acids is 1. The SMILES string of the molecule is COc1ccccc1[C@@H]1CC(c2ccc(NS(C)(=O)=O)cc2)=NN1C(=O)c1ccco1. The van der Waals surface area contributed by atoms with Gasteiger partial charge in [0.25, 0.3) is 0 Å². The van der Waals surface area contributed by atoms with Crippen LogP contribution in [-0.2, 0) is 10.0 Å². The summed E-state index contributed by atoms with van der Waals surface area (Å²) in [6.07, 6.45) is 3.00. The van der Waals surface area contributed by atoms with Crippen LogP contribution in [0.3, 0.4) is 0 Å². The van der Waals surface area contributed by atoms with Crippen molar-refractivity contribution in [3.8, 4) is 5.75 Å². The predicted molar refractivity (Wildman–Crippen MR) is 117 cm³/mol. The molecular weight excluding hydrogens is 418 g/mol. The van der Waals surface area contributed by atoms with Crippen LogP contribution < -0.4 is 9.46 Å². The monoisotopic (exact) mass is 439 g/mol. The van der Waals surface area contributed by atoms with Gasteiger partial charge in [0.15, 0.2) is 5.76 Å². The van der Waals surface area contributed by atoms with E-state index in [1.165, 1.54) is 11.3 Å². The topological polar surface area (TPSA) is 101 Å². The number of benzene rings is 2. The lowest BCUT2D eigenvalue weighted by atomic mass is 9.97. The number of furan rings is 1. The molecule has 8 nitrogen and oxygen atoms in total. The number of para-hydroxylation sites is 1. The summed E-state index contributed by atoms with van der Waals surface area (Å²) in [5, 5.41) is 6.01. The van der Waals surface area contributed by atoms with Gasteiger partial charge in [-0.25, -0.2) is 13.4 Å². The molecule has 31 heavy (non-hydrogen) atoms. The van der Waals surface area contributed by atoms with Crippen molar-refractivity contribution < 1.29 is 22.4 Å². The van der Waals surface area contributed by atoms with Gasteiger partial charge in [-0.05, 0) is 35.9 Å². The molecule has 0 radical (unpaired) electrons. The van der Waals surface area contributed by atoms with Crippen LogP contribution in [0.1, 0.15) is 34.1 Å². The number of hydrogen-bond acceptors (Lipinski definition) is 6. The number of rotatable bonds is 6. The first kappa shape index (κ1) is 20.7. The molecule has 0 bridgehead atoms. The summed E-state index contributed by atoms with van der Waals surface area (Å²) in [7, 11) is -1.78. The zero-order valence-corrected chi connectivity index (χ0v) is 17.8. The number of sulfonamides is 1. The Morgan fingerprint density at radius 1 is 1.13 bits per heavy atom. The van der Waals surface area contributed by atoms with Crippen LogP contribution in [0.25, 0.3) is 0 Å². The summed E-state index contributed by atoms with van der Waals surface area (Å²) in [6, 6.07) is 17.2. The van der Waals surface area contributed by atoms with Gasteiger partial charge in [0, 0.05) is 17.7 Å². The average molecular weight is 439 g/mol. The highest BCUT2D eigenvalue weighted by atomic mass is 32.2. The molecule has 1 aliphatic heterocycles. The first-order valence-corrected chi connectivity index (χ1v) is 11.4. The zero-order valence-electron chi connectivity index (χ0n) is 17.0. The fraction of sp³-hybridized carbons (Fsp3) is 0.182. The molecule has 1 amide bonds. The van der Waals surface area contributed by atoms with E-state index in [1.54, 1.807) is 43.5 Å². The Balaban J connectivity index is 1.69. The van der Waals surface area contributed by atoms with Crippen LogP contribution in [0.2, 0.25) is 0 Å². The van der Waals surface area contributed by atoms with Crippen molar-refractivity contribution in [1.82, 2.24) is 5.01 Å². The molecule has 4 rings (SSSR count). The summed E-state index contributed by atoms with van der Waals surface area (Å²) < 4.78 is 36.1. The Bertz CT molecular complexity index is 1220. The number of carbonyl (C=O) groups is 1. The average Bonchev–Trinajstić information content (AvgIpc) is 3.43. The van der Waals surface area contributed by atoms with Crippen molar-refractivity contribution in [2.24, 2.45) is 5.10 Å². The first-order chi connectivity index (χ1) is 14.9. The summed E-state index contributed by atoms with van der Waals surface area (Å²) in [5.74, 6) is 0.498. The van der Waals surface area contributed by atoms with Crippen molar-refractivity contribution >= 4 is 27.3 Å². The van der Waals surface area contributed by atoms with Gasteiger partial charge < -0.3 is 9.15 Å². The van der Waals surface area contributed by atoms with E-state index in [0.717, 1.165) is 17.4 Å².